The van der Waals surface area contributed by atoms with Crippen LogP contribution >= 0.6 is 0 Å². The van der Waals surface area contributed by atoms with Gasteiger partial charge in [-0.3, -0.25) is 4.98 Å². The Hall–Kier alpha value is -1.48. The van der Waals surface area contributed by atoms with Crippen LogP contribution < -0.4 is 5.32 Å². The van der Waals surface area contributed by atoms with E-state index in [-0.39, 0.29) is 0 Å². The molecular formula is C14H19N3. The fraction of sp³-hybridized carbons (Fsp3) is 0.429. The molecule has 3 heteroatoms. The molecule has 0 amide bonds. The number of benzene rings is 1. The number of nitrogens with zero attached hydrogens (tertiary/aromatic N) is 2. The number of nitrogens with one attached hydrogen (secondary N) is 1. The first-order valence-electron chi connectivity index (χ1n) is 6.30. The second-order valence-corrected chi connectivity index (χ2v) is 4.20. The molecule has 0 aliphatic heterocycles. The third-order valence-electron chi connectivity index (χ3n) is 2.87. The van der Waals surface area contributed by atoms with Crippen molar-refractivity contribution in [1.82, 2.24) is 15.3 Å². The predicted molar refractivity (Wildman–Crippen MR) is 70.9 cm³/mol. The van der Waals surface area contributed by atoms with Crippen LogP contribution in [0.3, 0.4) is 0 Å². The first-order chi connectivity index (χ1) is 8.35. The maximum atomic E-state index is 4.67. The number of hydrogen-bond donors (Lipinski definition) is 1. The molecule has 0 radical (unpaired) electrons. The van der Waals surface area contributed by atoms with Crippen LogP contribution in [-0.2, 0) is 0 Å². The second kappa shape index (κ2) is 5.73. The van der Waals surface area contributed by atoms with E-state index in [4.69, 9.17) is 0 Å². The summed E-state index contributed by atoms with van der Waals surface area (Å²) in [6.07, 6.45) is 4.06. The summed E-state index contributed by atoms with van der Waals surface area (Å²) in [4.78, 5) is 9.13. The number of fused-ring (bicyclic) bond motifs is 1. The lowest BCUT2D eigenvalue weighted by molar-refractivity contribution is 0.507. The summed E-state index contributed by atoms with van der Waals surface area (Å²) in [7, 11) is 0. The van der Waals surface area contributed by atoms with Crippen molar-refractivity contribution in [2.75, 3.05) is 6.54 Å². The lowest BCUT2D eigenvalue weighted by Gasteiger charge is -2.15. The lowest BCUT2D eigenvalue weighted by Crippen LogP contribution is -2.22. The van der Waals surface area contributed by atoms with Gasteiger partial charge in [-0.1, -0.05) is 26.0 Å². The highest BCUT2D eigenvalue weighted by molar-refractivity contribution is 5.73. The predicted octanol–water partition coefficient (Wildman–Crippen LogP) is 3.08. The molecule has 1 unspecified atom stereocenters. The monoisotopic (exact) mass is 229 g/mol. The Bertz CT molecular complexity index is 482. The average molecular weight is 229 g/mol. The smallest absolute Gasteiger partial charge is 0.0890 e. The molecule has 0 fully saturated rings. The third-order valence-corrected chi connectivity index (χ3v) is 2.87. The van der Waals surface area contributed by atoms with Crippen LogP contribution in [0.25, 0.3) is 11.0 Å². The van der Waals surface area contributed by atoms with Crippen molar-refractivity contribution >= 4 is 11.0 Å². The van der Waals surface area contributed by atoms with Crippen molar-refractivity contribution in [3.8, 4) is 0 Å². The Morgan fingerprint density at radius 1 is 1.18 bits per heavy atom. The first kappa shape index (κ1) is 12.0. The van der Waals surface area contributed by atoms with Crippen LogP contribution in [0, 0.1) is 0 Å². The van der Waals surface area contributed by atoms with Crippen LogP contribution in [-0.4, -0.2) is 16.5 Å². The van der Waals surface area contributed by atoms with E-state index in [1.165, 1.54) is 0 Å². The molecule has 2 aromatic rings. The molecule has 0 saturated carbocycles. The topological polar surface area (TPSA) is 37.8 Å². The van der Waals surface area contributed by atoms with Crippen molar-refractivity contribution in [1.29, 1.82) is 0 Å². The van der Waals surface area contributed by atoms with Gasteiger partial charge in [0.1, 0.15) is 0 Å². The van der Waals surface area contributed by atoms with Gasteiger partial charge >= 0.3 is 0 Å². The van der Waals surface area contributed by atoms with Gasteiger partial charge in [-0.15, -0.1) is 0 Å². The van der Waals surface area contributed by atoms with E-state index >= 15 is 0 Å². The Labute approximate surface area is 102 Å². The molecule has 17 heavy (non-hydrogen) atoms. The fourth-order valence-electron chi connectivity index (χ4n) is 1.92. The summed E-state index contributed by atoms with van der Waals surface area (Å²) in [6, 6.07) is 8.31. The zero-order valence-electron chi connectivity index (χ0n) is 10.5. The molecule has 0 saturated heterocycles. The number of aromatic nitrogens is 2. The van der Waals surface area contributed by atoms with E-state index in [9.17, 15) is 0 Å². The van der Waals surface area contributed by atoms with E-state index in [2.05, 4.69) is 29.1 Å². The van der Waals surface area contributed by atoms with Crippen LogP contribution in [0.2, 0.25) is 0 Å². The summed E-state index contributed by atoms with van der Waals surface area (Å²) in [5.74, 6) is 0. The maximum absolute atomic E-state index is 4.67. The zero-order chi connectivity index (χ0) is 12.1. The maximum Gasteiger partial charge on any atom is 0.0890 e. The van der Waals surface area contributed by atoms with Gasteiger partial charge in [0.25, 0.3) is 0 Å². The summed E-state index contributed by atoms with van der Waals surface area (Å²) >= 11 is 0. The normalized spacial score (nSPS) is 12.8. The van der Waals surface area contributed by atoms with Crippen LogP contribution in [0.1, 0.15) is 38.4 Å². The molecule has 1 heterocycles. The highest BCUT2D eigenvalue weighted by Crippen LogP contribution is 2.16. The van der Waals surface area contributed by atoms with E-state index in [0.717, 1.165) is 36.1 Å². The molecule has 2 rings (SSSR count). The fourth-order valence-corrected chi connectivity index (χ4v) is 1.92. The van der Waals surface area contributed by atoms with E-state index in [1.54, 1.807) is 0 Å². The minimum Gasteiger partial charge on any atom is -0.309 e. The molecule has 1 N–H and O–H groups in total. The van der Waals surface area contributed by atoms with E-state index in [0.29, 0.717) is 6.04 Å². The minimum absolute atomic E-state index is 0.312. The molecule has 1 atom stereocenters. The standard InChI is InChI=1S/C14H19N3/c1-3-9-15-11(4-2)14-10-16-12-7-5-6-8-13(12)17-14/h5-8,10-11,15H,3-4,9H2,1-2H3. The van der Waals surface area contributed by atoms with Gasteiger partial charge in [0, 0.05) is 0 Å². The van der Waals surface area contributed by atoms with Gasteiger partial charge in [-0.2, -0.15) is 0 Å². The van der Waals surface area contributed by atoms with Gasteiger partial charge in [0.2, 0.25) is 0 Å². The zero-order valence-corrected chi connectivity index (χ0v) is 10.5. The quantitative estimate of drug-likeness (QED) is 0.856. The Balaban J connectivity index is 2.27. The Kier molecular flexibility index (Phi) is 4.04. The summed E-state index contributed by atoms with van der Waals surface area (Å²) < 4.78 is 0. The highest BCUT2D eigenvalue weighted by Gasteiger charge is 2.10. The molecule has 90 valence electrons. The van der Waals surface area contributed by atoms with Crippen molar-refractivity contribution < 1.29 is 0 Å². The Morgan fingerprint density at radius 2 is 1.94 bits per heavy atom. The molecule has 1 aromatic carbocycles. The molecule has 0 bridgehead atoms. The van der Waals surface area contributed by atoms with Crippen LogP contribution in [0.4, 0.5) is 0 Å². The molecule has 3 nitrogen and oxygen atoms in total. The van der Waals surface area contributed by atoms with Gasteiger partial charge < -0.3 is 5.32 Å². The molecule has 1 aromatic heterocycles. The van der Waals surface area contributed by atoms with Crippen molar-refractivity contribution in [3.63, 3.8) is 0 Å². The van der Waals surface area contributed by atoms with Crippen molar-refractivity contribution in [3.05, 3.63) is 36.2 Å². The molecule has 0 spiro atoms. The van der Waals surface area contributed by atoms with Crippen LogP contribution in [0.5, 0.6) is 0 Å². The summed E-state index contributed by atoms with van der Waals surface area (Å²) in [6.45, 7) is 5.36. The minimum atomic E-state index is 0.312. The van der Waals surface area contributed by atoms with Crippen LogP contribution in [0.15, 0.2) is 30.5 Å². The largest absolute Gasteiger partial charge is 0.309 e. The highest BCUT2D eigenvalue weighted by atomic mass is 14.9. The first-order valence-corrected chi connectivity index (χ1v) is 6.30. The SMILES string of the molecule is CCCNC(CC)c1cnc2ccccc2n1. The van der Waals surface area contributed by atoms with Gasteiger partial charge in [-0.05, 0) is 31.5 Å². The third kappa shape index (κ3) is 2.80. The van der Waals surface area contributed by atoms with E-state index in [1.807, 2.05) is 30.5 Å². The molecular weight excluding hydrogens is 210 g/mol. The molecule has 0 aliphatic rings. The Morgan fingerprint density at radius 3 is 2.65 bits per heavy atom. The summed E-state index contributed by atoms with van der Waals surface area (Å²) in [5, 5.41) is 3.50. The van der Waals surface area contributed by atoms with Gasteiger partial charge in [0.15, 0.2) is 0 Å². The van der Waals surface area contributed by atoms with Gasteiger partial charge in [-0.25, -0.2) is 4.98 Å². The summed E-state index contributed by atoms with van der Waals surface area (Å²) in [5.41, 5.74) is 2.97. The number of para-hydroxylation sites is 2. The second-order valence-electron chi connectivity index (χ2n) is 4.20. The average Bonchev–Trinajstić information content (AvgIpc) is 2.39. The number of hydrogen-bond acceptors (Lipinski definition) is 3. The van der Waals surface area contributed by atoms with E-state index < -0.39 is 0 Å². The lowest BCUT2D eigenvalue weighted by atomic mass is 10.1. The van der Waals surface area contributed by atoms with Crippen molar-refractivity contribution in [2.24, 2.45) is 0 Å². The van der Waals surface area contributed by atoms with Crippen molar-refractivity contribution in [2.45, 2.75) is 32.7 Å². The molecule has 0 aliphatic carbocycles. The van der Waals surface area contributed by atoms with Gasteiger partial charge in [0.05, 0.1) is 29.0 Å². The number of rotatable bonds is 5.